The van der Waals surface area contributed by atoms with Gasteiger partial charge in [0.1, 0.15) is 0 Å². The molecule has 0 saturated heterocycles. The number of nitrogens with two attached hydrogens (primary N) is 1. The van der Waals surface area contributed by atoms with Crippen LogP contribution in [0.1, 0.15) is 16.7 Å². The molecule has 0 radical (unpaired) electrons. The van der Waals surface area contributed by atoms with Gasteiger partial charge in [0.25, 0.3) is 0 Å². The van der Waals surface area contributed by atoms with Crippen LogP contribution in [0, 0.1) is 29.8 Å². The summed E-state index contributed by atoms with van der Waals surface area (Å²) in [6.07, 6.45) is 0. The zero-order valence-corrected chi connectivity index (χ0v) is 11.7. The van der Waals surface area contributed by atoms with E-state index < -0.39 is 10.7 Å². The van der Waals surface area contributed by atoms with Crippen LogP contribution in [0.3, 0.4) is 0 Å². The fourth-order valence-corrected chi connectivity index (χ4v) is 2.06. The minimum absolute atomic E-state index is 0.0463. The van der Waals surface area contributed by atoms with Gasteiger partial charge in [-0.15, -0.1) is 0 Å². The van der Waals surface area contributed by atoms with Gasteiger partial charge in [-0.3, -0.25) is 10.1 Å². The second-order valence-corrected chi connectivity index (χ2v) is 4.76. The molecule has 0 aliphatic rings. The van der Waals surface area contributed by atoms with E-state index in [0.29, 0.717) is 11.1 Å². The van der Waals surface area contributed by atoms with Crippen molar-refractivity contribution < 1.29 is 14.1 Å². The quantitative estimate of drug-likeness (QED) is 0.689. The topological polar surface area (TPSA) is 78.4 Å². The van der Waals surface area contributed by atoms with Gasteiger partial charge in [-0.25, -0.2) is 4.39 Å². The van der Waals surface area contributed by atoms with Crippen LogP contribution in [-0.4, -0.2) is 4.92 Å². The summed E-state index contributed by atoms with van der Waals surface area (Å²) in [6.45, 7) is 3.64. The molecule has 0 fully saturated rings. The number of hydrogen-bond acceptors (Lipinski definition) is 4. The smallest absolute Gasteiger partial charge is 0.312 e. The molecule has 0 aliphatic carbocycles. The summed E-state index contributed by atoms with van der Waals surface area (Å²) in [5.74, 6) is -0.625. The highest BCUT2D eigenvalue weighted by Crippen LogP contribution is 2.36. The fraction of sp³-hybridized carbons (Fsp3) is 0.200. The van der Waals surface area contributed by atoms with Crippen molar-refractivity contribution in [3.63, 3.8) is 0 Å². The average molecular weight is 290 g/mol. The maximum atomic E-state index is 13.9. The van der Waals surface area contributed by atoms with Gasteiger partial charge in [-0.05, 0) is 42.7 Å². The highest BCUT2D eigenvalue weighted by molar-refractivity contribution is 5.55. The SMILES string of the molecule is Cc1cc(C)c(Oc2ccc(CN)cc2F)c([N+](=O)[O-])c1. The van der Waals surface area contributed by atoms with Crippen LogP contribution in [0.15, 0.2) is 30.3 Å². The maximum Gasteiger partial charge on any atom is 0.312 e. The zero-order chi connectivity index (χ0) is 15.6. The molecule has 0 bridgehead atoms. The minimum atomic E-state index is -0.604. The molecule has 2 aromatic rings. The predicted octanol–water partition coefficient (Wildman–Crippen LogP) is 3.60. The van der Waals surface area contributed by atoms with E-state index in [1.54, 1.807) is 26.0 Å². The molecule has 0 unspecified atom stereocenters. The average Bonchev–Trinajstić information content (AvgIpc) is 2.42. The molecule has 21 heavy (non-hydrogen) atoms. The highest BCUT2D eigenvalue weighted by atomic mass is 19.1. The lowest BCUT2D eigenvalue weighted by Crippen LogP contribution is -2.00. The van der Waals surface area contributed by atoms with Crippen molar-refractivity contribution in [2.75, 3.05) is 0 Å². The Kier molecular flexibility index (Phi) is 4.18. The fourth-order valence-electron chi connectivity index (χ4n) is 2.06. The lowest BCUT2D eigenvalue weighted by molar-refractivity contribution is -0.385. The van der Waals surface area contributed by atoms with Gasteiger partial charge in [0.15, 0.2) is 11.6 Å². The lowest BCUT2D eigenvalue weighted by atomic mass is 10.1. The van der Waals surface area contributed by atoms with Crippen molar-refractivity contribution in [3.8, 4) is 11.5 Å². The highest BCUT2D eigenvalue weighted by Gasteiger charge is 2.20. The van der Waals surface area contributed by atoms with E-state index in [0.717, 1.165) is 5.56 Å². The molecular formula is C15H15FN2O3. The van der Waals surface area contributed by atoms with Gasteiger partial charge in [-0.1, -0.05) is 12.1 Å². The molecule has 6 heteroatoms. The van der Waals surface area contributed by atoms with Crippen molar-refractivity contribution in [3.05, 3.63) is 63.0 Å². The van der Waals surface area contributed by atoms with Crippen molar-refractivity contribution in [1.29, 1.82) is 0 Å². The van der Waals surface area contributed by atoms with Gasteiger partial charge < -0.3 is 10.5 Å². The zero-order valence-electron chi connectivity index (χ0n) is 11.7. The van der Waals surface area contributed by atoms with Crippen LogP contribution in [0.5, 0.6) is 11.5 Å². The Hall–Kier alpha value is -2.47. The first-order chi connectivity index (χ1) is 9.92. The van der Waals surface area contributed by atoms with Crippen LogP contribution >= 0.6 is 0 Å². The van der Waals surface area contributed by atoms with Gasteiger partial charge in [0.05, 0.1) is 4.92 Å². The minimum Gasteiger partial charge on any atom is -0.447 e. The summed E-state index contributed by atoms with van der Waals surface area (Å²) in [5.41, 5.74) is 7.18. The largest absolute Gasteiger partial charge is 0.447 e. The van der Waals surface area contributed by atoms with E-state index in [9.17, 15) is 14.5 Å². The molecule has 5 nitrogen and oxygen atoms in total. The molecule has 0 spiro atoms. The number of aryl methyl sites for hydroxylation is 2. The third kappa shape index (κ3) is 3.17. The van der Waals surface area contributed by atoms with E-state index in [2.05, 4.69) is 0 Å². The Morgan fingerprint density at radius 2 is 2.00 bits per heavy atom. The number of benzene rings is 2. The van der Waals surface area contributed by atoms with Crippen LogP contribution in [0.25, 0.3) is 0 Å². The summed E-state index contributed by atoms with van der Waals surface area (Å²) in [6, 6.07) is 7.43. The second-order valence-electron chi connectivity index (χ2n) is 4.76. The summed E-state index contributed by atoms with van der Waals surface area (Å²) < 4.78 is 19.3. The van der Waals surface area contributed by atoms with Gasteiger partial charge >= 0.3 is 5.69 Å². The molecule has 0 aromatic heterocycles. The number of nitro groups is 1. The summed E-state index contributed by atoms with van der Waals surface area (Å²) in [5, 5.41) is 11.1. The molecule has 2 rings (SSSR count). The molecule has 0 aliphatic heterocycles. The summed E-state index contributed by atoms with van der Waals surface area (Å²) in [4.78, 5) is 10.6. The van der Waals surface area contributed by atoms with Crippen molar-refractivity contribution in [2.24, 2.45) is 5.73 Å². The Morgan fingerprint density at radius 1 is 1.29 bits per heavy atom. The maximum absolute atomic E-state index is 13.9. The van der Waals surface area contributed by atoms with Crippen LogP contribution in [-0.2, 0) is 6.54 Å². The third-order valence-corrected chi connectivity index (χ3v) is 3.04. The van der Waals surface area contributed by atoms with E-state index >= 15 is 0 Å². The van der Waals surface area contributed by atoms with Crippen LogP contribution < -0.4 is 10.5 Å². The van der Waals surface area contributed by atoms with Gasteiger partial charge in [-0.2, -0.15) is 0 Å². The monoisotopic (exact) mass is 290 g/mol. The van der Waals surface area contributed by atoms with E-state index in [1.807, 2.05) is 0 Å². The Bertz CT molecular complexity index is 702. The number of ether oxygens (including phenoxy) is 1. The number of hydrogen-bond donors (Lipinski definition) is 1. The third-order valence-electron chi connectivity index (χ3n) is 3.04. The number of nitrogens with zero attached hydrogens (tertiary/aromatic N) is 1. The molecule has 110 valence electrons. The van der Waals surface area contributed by atoms with E-state index in [-0.39, 0.29) is 23.7 Å². The molecule has 0 amide bonds. The molecular weight excluding hydrogens is 275 g/mol. The number of halogens is 1. The first-order valence-corrected chi connectivity index (χ1v) is 6.34. The normalized spacial score (nSPS) is 10.5. The van der Waals surface area contributed by atoms with Crippen molar-refractivity contribution >= 4 is 5.69 Å². The van der Waals surface area contributed by atoms with Crippen LogP contribution in [0.4, 0.5) is 10.1 Å². The van der Waals surface area contributed by atoms with Crippen molar-refractivity contribution in [1.82, 2.24) is 0 Å². The Balaban J connectivity index is 2.46. The molecule has 0 heterocycles. The van der Waals surface area contributed by atoms with Gasteiger partial charge in [0.2, 0.25) is 5.75 Å². The van der Waals surface area contributed by atoms with Crippen molar-refractivity contribution in [2.45, 2.75) is 20.4 Å². The molecule has 0 atom stereocenters. The summed E-state index contributed by atoms with van der Waals surface area (Å²) in [7, 11) is 0. The molecule has 0 saturated carbocycles. The number of rotatable bonds is 4. The Labute approximate surface area is 121 Å². The van der Waals surface area contributed by atoms with Gasteiger partial charge in [0, 0.05) is 12.6 Å². The first-order valence-electron chi connectivity index (χ1n) is 6.34. The van der Waals surface area contributed by atoms with Crippen LogP contribution in [0.2, 0.25) is 0 Å². The lowest BCUT2D eigenvalue weighted by Gasteiger charge is -2.11. The molecule has 2 N–H and O–H groups in total. The predicted molar refractivity (Wildman–Crippen MR) is 76.9 cm³/mol. The first kappa shape index (κ1) is 14.9. The number of nitro benzene ring substituents is 1. The standard InChI is InChI=1S/C15H15FN2O3/c1-9-5-10(2)15(13(6-9)18(19)20)21-14-4-3-11(8-17)7-12(14)16/h3-7H,8,17H2,1-2H3. The molecule has 2 aromatic carbocycles. The summed E-state index contributed by atoms with van der Waals surface area (Å²) >= 11 is 0. The van der Waals surface area contributed by atoms with E-state index in [1.165, 1.54) is 18.2 Å². The Morgan fingerprint density at radius 3 is 2.57 bits per heavy atom. The second kappa shape index (κ2) is 5.88. The van der Waals surface area contributed by atoms with E-state index in [4.69, 9.17) is 10.5 Å².